The van der Waals surface area contributed by atoms with Crippen molar-refractivity contribution >= 4 is 5.78 Å². The van der Waals surface area contributed by atoms with Gasteiger partial charge in [-0.15, -0.1) is 0 Å². The molecular formula is C15H26O3. The molecule has 2 saturated carbocycles. The summed E-state index contributed by atoms with van der Waals surface area (Å²) in [4.78, 5) is 12.2. The van der Waals surface area contributed by atoms with Gasteiger partial charge < -0.3 is 10.2 Å². The molecule has 0 unspecified atom stereocenters. The van der Waals surface area contributed by atoms with Gasteiger partial charge in [0.1, 0.15) is 5.78 Å². The van der Waals surface area contributed by atoms with Crippen LogP contribution in [-0.4, -0.2) is 27.2 Å². The van der Waals surface area contributed by atoms with Crippen molar-refractivity contribution < 1.29 is 15.0 Å². The molecular weight excluding hydrogens is 228 g/mol. The van der Waals surface area contributed by atoms with Gasteiger partial charge in [0, 0.05) is 17.8 Å². The Labute approximate surface area is 110 Å². The Hall–Kier alpha value is -0.410. The zero-order valence-electron chi connectivity index (χ0n) is 12.0. The van der Waals surface area contributed by atoms with E-state index in [2.05, 4.69) is 0 Å². The second-order valence-electron chi connectivity index (χ2n) is 7.38. The van der Waals surface area contributed by atoms with Gasteiger partial charge in [0.05, 0.1) is 11.2 Å². The first-order chi connectivity index (χ1) is 8.07. The van der Waals surface area contributed by atoms with Crippen LogP contribution in [0.25, 0.3) is 0 Å². The first-order valence-electron chi connectivity index (χ1n) is 7.05. The van der Waals surface area contributed by atoms with Crippen LogP contribution in [0.3, 0.4) is 0 Å². The summed E-state index contributed by atoms with van der Waals surface area (Å²) in [5.74, 6) is 0.456. The number of carbonyl (C=O) groups excluding carboxylic acids is 1. The van der Waals surface area contributed by atoms with E-state index in [0.29, 0.717) is 18.6 Å². The number of rotatable bonds is 1. The van der Waals surface area contributed by atoms with E-state index in [1.165, 1.54) is 0 Å². The van der Waals surface area contributed by atoms with E-state index in [9.17, 15) is 15.0 Å². The van der Waals surface area contributed by atoms with Crippen molar-refractivity contribution in [2.45, 2.75) is 71.0 Å². The maximum atomic E-state index is 12.2. The van der Waals surface area contributed by atoms with Crippen LogP contribution in [0.1, 0.15) is 59.8 Å². The predicted molar refractivity (Wildman–Crippen MR) is 70.1 cm³/mol. The van der Waals surface area contributed by atoms with Crippen LogP contribution >= 0.6 is 0 Å². The molecule has 0 aliphatic heterocycles. The number of ketones is 1. The Kier molecular flexibility index (Phi) is 3.14. The van der Waals surface area contributed by atoms with E-state index in [4.69, 9.17) is 0 Å². The van der Waals surface area contributed by atoms with Crippen molar-refractivity contribution in [3.63, 3.8) is 0 Å². The maximum absolute atomic E-state index is 12.2. The van der Waals surface area contributed by atoms with E-state index in [1.807, 2.05) is 27.7 Å². The molecule has 18 heavy (non-hydrogen) atoms. The van der Waals surface area contributed by atoms with Crippen molar-refractivity contribution in [3.05, 3.63) is 0 Å². The lowest BCUT2D eigenvalue weighted by Gasteiger charge is -2.54. The minimum absolute atomic E-state index is 0.0172. The molecule has 0 amide bonds. The number of carbonyl (C=O) groups is 1. The summed E-state index contributed by atoms with van der Waals surface area (Å²) in [6.45, 7) is 7.53. The predicted octanol–water partition coefficient (Wildman–Crippen LogP) is 2.29. The molecule has 2 N–H and O–H groups in total. The van der Waals surface area contributed by atoms with Crippen LogP contribution in [0.2, 0.25) is 0 Å². The third-order valence-corrected chi connectivity index (χ3v) is 5.55. The normalized spacial score (nSPS) is 45.8. The Balaban J connectivity index is 2.29. The molecule has 0 heterocycles. The quantitative estimate of drug-likeness (QED) is 0.755. The van der Waals surface area contributed by atoms with Crippen LogP contribution in [0.5, 0.6) is 0 Å². The molecule has 3 nitrogen and oxygen atoms in total. The summed E-state index contributed by atoms with van der Waals surface area (Å²) in [6, 6.07) is 0. The van der Waals surface area contributed by atoms with Gasteiger partial charge in [-0.2, -0.15) is 0 Å². The third kappa shape index (κ3) is 2.12. The first-order valence-corrected chi connectivity index (χ1v) is 7.05. The summed E-state index contributed by atoms with van der Waals surface area (Å²) in [6.07, 6.45) is 3.47. The summed E-state index contributed by atoms with van der Waals surface area (Å²) in [7, 11) is 0. The van der Waals surface area contributed by atoms with Crippen molar-refractivity contribution in [2.24, 2.45) is 17.3 Å². The SMILES string of the molecule is CC(C)(O)[C@H]1CC[C@]2(C)C(=O)CC[C@](C)(O)[C@H]2C1. The van der Waals surface area contributed by atoms with Gasteiger partial charge in [-0.05, 0) is 52.4 Å². The summed E-state index contributed by atoms with van der Waals surface area (Å²) in [5.41, 5.74) is -1.88. The van der Waals surface area contributed by atoms with Gasteiger partial charge >= 0.3 is 0 Å². The molecule has 0 bridgehead atoms. The monoisotopic (exact) mass is 254 g/mol. The number of fused-ring (bicyclic) bond motifs is 1. The van der Waals surface area contributed by atoms with Crippen LogP contribution < -0.4 is 0 Å². The Morgan fingerprint density at radius 1 is 1.28 bits per heavy atom. The van der Waals surface area contributed by atoms with Crippen LogP contribution in [-0.2, 0) is 4.79 Å². The molecule has 0 spiro atoms. The van der Waals surface area contributed by atoms with Crippen molar-refractivity contribution in [3.8, 4) is 0 Å². The van der Waals surface area contributed by atoms with E-state index < -0.39 is 11.2 Å². The second-order valence-corrected chi connectivity index (χ2v) is 7.38. The highest BCUT2D eigenvalue weighted by Crippen LogP contribution is 2.55. The topological polar surface area (TPSA) is 57.5 Å². The number of hydrogen-bond donors (Lipinski definition) is 2. The molecule has 0 radical (unpaired) electrons. The fourth-order valence-corrected chi connectivity index (χ4v) is 4.05. The third-order valence-electron chi connectivity index (χ3n) is 5.55. The average Bonchev–Trinajstić information content (AvgIpc) is 2.23. The molecule has 2 rings (SSSR count). The highest BCUT2D eigenvalue weighted by Gasteiger charge is 2.56. The van der Waals surface area contributed by atoms with Gasteiger partial charge in [0.15, 0.2) is 0 Å². The highest BCUT2D eigenvalue weighted by atomic mass is 16.3. The lowest BCUT2D eigenvalue weighted by atomic mass is 9.52. The van der Waals surface area contributed by atoms with E-state index >= 15 is 0 Å². The van der Waals surface area contributed by atoms with Crippen molar-refractivity contribution in [1.82, 2.24) is 0 Å². The van der Waals surface area contributed by atoms with E-state index in [-0.39, 0.29) is 17.3 Å². The van der Waals surface area contributed by atoms with Gasteiger partial charge in [-0.3, -0.25) is 4.79 Å². The Morgan fingerprint density at radius 3 is 2.44 bits per heavy atom. The zero-order chi connectivity index (χ0) is 13.8. The highest BCUT2D eigenvalue weighted by molar-refractivity contribution is 5.86. The minimum atomic E-state index is -0.771. The molecule has 0 aromatic heterocycles. The molecule has 4 atom stereocenters. The summed E-state index contributed by atoms with van der Waals surface area (Å²) in [5, 5.41) is 20.8. The molecule has 2 aliphatic rings. The maximum Gasteiger partial charge on any atom is 0.139 e. The van der Waals surface area contributed by atoms with Gasteiger partial charge in [0.25, 0.3) is 0 Å². The minimum Gasteiger partial charge on any atom is -0.390 e. The molecule has 0 saturated heterocycles. The number of hydrogen-bond acceptors (Lipinski definition) is 3. The van der Waals surface area contributed by atoms with Gasteiger partial charge in [0.2, 0.25) is 0 Å². The number of aliphatic hydroxyl groups is 2. The van der Waals surface area contributed by atoms with Crippen molar-refractivity contribution in [1.29, 1.82) is 0 Å². The fraction of sp³-hybridized carbons (Fsp3) is 0.933. The van der Waals surface area contributed by atoms with Crippen LogP contribution in [0.15, 0.2) is 0 Å². The molecule has 0 aromatic rings. The smallest absolute Gasteiger partial charge is 0.139 e. The lowest BCUT2D eigenvalue weighted by Crippen LogP contribution is -2.57. The molecule has 0 aromatic carbocycles. The molecule has 2 aliphatic carbocycles. The lowest BCUT2D eigenvalue weighted by molar-refractivity contribution is -0.167. The zero-order valence-corrected chi connectivity index (χ0v) is 12.0. The fourth-order valence-electron chi connectivity index (χ4n) is 4.05. The second kappa shape index (κ2) is 4.04. The van der Waals surface area contributed by atoms with E-state index in [0.717, 1.165) is 19.3 Å². The first kappa shape index (κ1) is 14.0. The standard InChI is InChI=1S/C15H26O3/c1-13(2,17)10-5-7-14(3)11(9-10)15(4,18)8-6-12(14)16/h10-11,17-18H,5-9H2,1-4H3/t10-,11-,14-,15-/m0/s1. The summed E-state index contributed by atoms with van der Waals surface area (Å²) >= 11 is 0. The molecule has 3 heteroatoms. The van der Waals surface area contributed by atoms with Gasteiger partial charge in [-0.25, -0.2) is 0 Å². The molecule has 104 valence electrons. The Morgan fingerprint density at radius 2 is 1.89 bits per heavy atom. The van der Waals surface area contributed by atoms with Crippen molar-refractivity contribution in [2.75, 3.05) is 0 Å². The number of Topliss-reactive ketones (excluding diaryl/α,β-unsaturated/α-hetero) is 1. The molecule has 2 fully saturated rings. The van der Waals surface area contributed by atoms with Gasteiger partial charge in [-0.1, -0.05) is 6.92 Å². The summed E-state index contributed by atoms with van der Waals surface area (Å²) < 4.78 is 0. The average molecular weight is 254 g/mol. The Bertz CT molecular complexity index is 353. The van der Waals surface area contributed by atoms with Crippen LogP contribution in [0, 0.1) is 17.3 Å². The van der Waals surface area contributed by atoms with Crippen LogP contribution in [0.4, 0.5) is 0 Å². The van der Waals surface area contributed by atoms with E-state index in [1.54, 1.807) is 0 Å². The largest absolute Gasteiger partial charge is 0.390 e.